The van der Waals surface area contributed by atoms with Crippen molar-refractivity contribution in [3.63, 3.8) is 0 Å². The number of nitrogens with one attached hydrogen (secondary N) is 1. The molecule has 0 saturated carbocycles. The van der Waals surface area contributed by atoms with Crippen LogP contribution in [0.5, 0.6) is 0 Å². The summed E-state index contributed by atoms with van der Waals surface area (Å²) in [6.45, 7) is 0. The summed E-state index contributed by atoms with van der Waals surface area (Å²) in [5.41, 5.74) is 2.83. The van der Waals surface area contributed by atoms with Gasteiger partial charge in [0.2, 0.25) is 5.95 Å². The molecular weight excluding hydrogens is 340 g/mol. The van der Waals surface area contributed by atoms with Crippen LogP contribution >= 0.6 is 0 Å². The van der Waals surface area contributed by atoms with Gasteiger partial charge in [-0.2, -0.15) is 8.42 Å². The van der Waals surface area contributed by atoms with Crippen LogP contribution in [0.15, 0.2) is 66.9 Å². The number of anilines is 3. The molecule has 1 aromatic heterocycles. The first-order chi connectivity index (χ1) is 11.9. The fourth-order valence-electron chi connectivity index (χ4n) is 2.30. The maximum absolute atomic E-state index is 10.8. The van der Waals surface area contributed by atoms with E-state index in [4.69, 9.17) is 4.55 Å². The summed E-state index contributed by atoms with van der Waals surface area (Å²) in [5.74, 6) is 0.511. The van der Waals surface area contributed by atoms with Gasteiger partial charge in [0, 0.05) is 24.5 Å². The van der Waals surface area contributed by atoms with Crippen LogP contribution in [-0.4, -0.2) is 30.0 Å². The van der Waals surface area contributed by atoms with E-state index >= 15 is 0 Å². The lowest BCUT2D eigenvalue weighted by Crippen LogP contribution is -2.14. The Morgan fingerprint density at radius 2 is 1.68 bits per heavy atom. The van der Waals surface area contributed by atoms with Crippen molar-refractivity contribution in [1.29, 1.82) is 0 Å². The normalized spacial score (nSPS) is 11.1. The van der Waals surface area contributed by atoms with Gasteiger partial charge in [0.25, 0.3) is 0 Å². The van der Waals surface area contributed by atoms with E-state index in [0.29, 0.717) is 5.95 Å². The Labute approximate surface area is 145 Å². The molecular formula is C17H16N4O3S. The predicted octanol–water partition coefficient (Wildman–Crippen LogP) is 3.13. The molecule has 0 bridgehead atoms. The molecule has 0 amide bonds. The molecule has 0 aliphatic rings. The summed E-state index contributed by atoms with van der Waals surface area (Å²) < 4.78 is 32.4. The summed E-state index contributed by atoms with van der Waals surface area (Å²) in [5, 5.41) is 0. The van der Waals surface area contributed by atoms with Crippen molar-refractivity contribution in [2.45, 2.75) is 0 Å². The minimum atomic E-state index is -4.29. The van der Waals surface area contributed by atoms with Crippen LogP contribution in [0.1, 0.15) is 0 Å². The lowest BCUT2D eigenvalue weighted by molar-refractivity contribution is 0.489. The van der Waals surface area contributed by atoms with Crippen LogP contribution in [-0.2, 0) is 10.3 Å². The van der Waals surface area contributed by atoms with Crippen LogP contribution < -0.4 is 9.62 Å². The number of hydrogen-bond donors (Lipinski definition) is 2. The Hall–Kier alpha value is -2.97. The zero-order valence-electron chi connectivity index (χ0n) is 13.4. The number of nitrogens with zero attached hydrogens (tertiary/aromatic N) is 3. The van der Waals surface area contributed by atoms with E-state index in [1.165, 1.54) is 0 Å². The average Bonchev–Trinajstić information content (AvgIpc) is 2.61. The van der Waals surface area contributed by atoms with Crippen LogP contribution in [0.25, 0.3) is 11.3 Å². The highest BCUT2D eigenvalue weighted by atomic mass is 32.2. The lowest BCUT2D eigenvalue weighted by Gasteiger charge is -2.18. The minimum Gasteiger partial charge on any atom is -0.314 e. The lowest BCUT2D eigenvalue weighted by atomic mass is 10.1. The van der Waals surface area contributed by atoms with E-state index in [0.717, 1.165) is 16.9 Å². The van der Waals surface area contributed by atoms with Crippen LogP contribution in [0.4, 0.5) is 17.3 Å². The van der Waals surface area contributed by atoms with Crippen molar-refractivity contribution in [1.82, 2.24) is 9.97 Å². The molecule has 3 aromatic rings. The summed E-state index contributed by atoms with van der Waals surface area (Å²) in [7, 11) is -2.47. The number of hydrogen-bond acceptors (Lipinski definition) is 5. The van der Waals surface area contributed by atoms with Gasteiger partial charge in [-0.1, -0.05) is 30.3 Å². The van der Waals surface area contributed by atoms with E-state index in [1.807, 2.05) is 48.2 Å². The summed E-state index contributed by atoms with van der Waals surface area (Å²) >= 11 is 0. The Bertz CT molecular complexity index is 961. The minimum absolute atomic E-state index is 0.263. The van der Waals surface area contributed by atoms with Gasteiger partial charge in [-0.15, -0.1) is 0 Å². The quantitative estimate of drug-likeness (QED) is 0.682. The Kier molecular flexibility index (Phi) is 4.64. The van der Waals surface area contributed by atoms with E-state index in [-0.39, 0.29) is 5.69 Å². The third kappa shape index (κ3) is 4.31. The summed E-state index contributed by atoms with van der Waals surface area (Å²) in [6, 6.07) is 18.1. The third-order valence-corrected chi connectivity index (χ3v) is 4.01. The molecule has 0 unspecified atom stereocenters. The van der Waals surface area contributed by atoms with Gasteiger partial charge < -0.3 is 4.90 Å². The Morgan fingerprint density at radius 1 is 1.00 bits per heavy atom. The number of aromatic nitrogens is 2. The molecule has 25 heavy (non-hydrogen) atoms. The molecule has 0 aliphatic carbocycles. The van der Waals surface area contributed by atoms with Crippen molar-refractivity contribution < 1.29 is 13.0 Å². The molecule has 0 atom stereocenters. The Balaban J connectivity index is 1.85. The first-order valence-corrected chi connectivity index (χ1v) is 8.84. The monoisotopic (exact) mass is 356 g/mol. The topological polar surface area (TPSA) is 95.4 Å². The van der Waals surface area contributed by atoms with Gasteiger partial charge in [-0.25, -0.2) is 9.97 Å². The van der Waals surface area contributed by atoms with Crippen molar-refractivity contribution in [3.8, 4) is 11.3 Å². The average molecular weight is 356 g/mol. The van der Waals surface area contributed by atoms with E-state index in [1.54, 1.807) is 35.4 Å². The van der Waals surface area contributed by atoms with Gasteiger partial charge in [0.15, 0.2) is 0 Å². The van der Waals surface area contributed by atoms with Gasteiger partial charge >= 0.3 is 10.3 Å². The highest BCUT2D eigenvalue weighted by molar-refractivity contribution is 7.87. The van der Waals surface area contributed by atoms with Crippen LogP contribution in [0.2, 0.25) is 0 Å². The zero-order valence-corrected chi connectivity index (χ0v) is 14.2. The molecule has 128 valence electrons. The molecule has 3 rings (SSSR count). The van der Waals surface area contributed by atoms with E-state index in [9.17, 15) is 8.42 Å². The van der Waals surface area contributed by atoms with Crippen molar-refractivity contribution in [3.05, 3.63) is 66.9 Å². The largest absolute Gasteiger partial charge is 0.357 e. The van der Waals surface area contributed by atoms with Crippen LogP contribution in [0, 0.1) is 0 Å². The van der Waals surface area contributed by atoms with Crippen LogP contribution in [0.3, 0.4) is 0 Å². The summed E-state index contributed by atoms with van der Waals surface area (Å²) in [6.07, 6.45) is 1.69. The molecule has 0 spiro atoms. The van der Waals surface area contributed by atoms with Gasteiger partial charge in [0.05, 0.1) is 11.4 Å². The van der Waals surface area contributed by atoms with Crippen molar-refractivity contribution >= 4 is 27.6 Å². The number of rotatable bonds is 5. The fraction of sp³-hybridized carbons (Fsp3) is 0.0588. The highest BCUT2D eigenvalue weighted by Gasteiger charge is 2.10. The predicted molar refractivity (Wildman–Crippen MR) is 97.1 cm³/mol. The molecule has 0 aliphatic heterocycles. The smallest absolute Gasteiger partial charge is 0.314 e. The maximum atomic E-state index is 10.8. The third-order valence-electron chi connectivity index (χ3n) is 3.51. The van der Waals surface area contributed by atoms with E-state index < -0.39 is 10.3 Å². The van der Waals surface area contributed by atoms with Gasteiger partial charge in [-0.05, 0) is 30.3 Å². The van der Waals surface area contributed by atoms with Gasteiger partial charge in [-0.3, -0.25) is 9.27 Å². The van der Waals surface area contributed by atoms with Crippen molar-refractivity contribution in [2.75, 3.05) is 16.7 Å². The molecule has 0 saturated heterocycles. The first kappa shape index (κ1) is 16.9. The second kappa shape index (κ2) is 6.88. The standard InChI is InChI=1S/C17H16N4O3S/c1-21(15-9-7-14(8-10-15)20-25(22,23)24)17-18-12-11-16(19-17)13-5-3-2-4-6-13/h2-12,20H,1H3,(H,22,23,24). The number of benzene rings is 2. The zero-order chi connectivity index (χ0) is 17.9. The van der Waals surface area contributed by atoms with Crippen molar-refractivity contribution in [2.24, 2.45) is 0 Å². The molecule has 0 radical (unpaired) electrons. The maximum Gasteiger partial charge on any atom is 0.357 e. The molecule has 7 nitrogen and oxygen atoms in total. The second-order valence-corrected chi connectivity index (χ2v) is 6.45. The second-order valence-electron chi connectivity index (χ2n) is 5.29. The molecule has 2 aromatic carbocycles. The molecule has 1 heterocycles. The van der Waals surface area contributed by atoms with E-state index in [2.05, 4.69) is 9.97 Å². The highest BCUT2D eigenvalue weighted by Crippen LogP contribution is 2.24. The SMILES string of the molecule is CN(c1ccc(NS(=O)(=O)O)cc1)c1nccc(-c2ccccc2)n1. The molecule has 0 fully saturated rings. The fourth-order valence-corrected chi connectivity index (χ4v) is 2.73. The first-order valence-electron chi connectivity index (χ1n) is 7.40. The summed E-state index contributed by atoms with van der Waals surface area (Å²) in [4.78, 5) is 10.6. The van der Waals surface area contributed by atoms with Gasteiger partial charge in [0.1, 0.15) is 0 Å². The molecule has 8 heteroatoms. The Morgan fingerprint density at radius 3 is 2.32 bits per heavy atom. The molecule has 2 N–H and O–H groups in total.